The van der Waals surface area contributed by atoms with Crippen LogP contribution < -0.4 is 14.8 Å². The van der Waals surface area contributed by atoms with Gasteiger partial charge in [-0.05, 0) is 43.0 Å². The molecule has 0 aromatic heterocycles. The van der Waals surface area contributed by atoms with Crippen molar-refractivity contribution in [1.29, 1.82) is 0 Å². The molecule has 0 radical (unpaired) electrons. The van der Waals surface area contributed by atoms with E-state index in [-0.39, 0.29) is 18.2 Å². The van der Waals surface area contributed by atoms with Crippen molar-refractivity contribution >= 4 is 5.91 Å². The minimum absolute atomic E-state index is 0.0677. The summed E-state index contributed by atoms with van der Waals surface area (Å²) in [6, 6.07) is 15.5. The topological polar surface area (TPSA) is 47.6 Å². The van der Waals surface area contributed by atoms with Gasteiger partial charge in [0, 0.05) is 5.56 Å². The molecule has 1 N–H and O–H groups in total. The van der Waals surface area contributed by atoms with E-state index < -0.39 is 0 Å². The minimum atomic E-state index is -0.227. The Kier molecular flexibility index (Phi) is 3.03. The Balaban J connectivity index is 1.58. The molecule has 2 aromatic carbocycles. The van der Waals surface area contributed by atoms with Crippen molar-refractivity contribution in [2.24, 2.45) is 0 Å². The van der Waals surface area contributed by atoms with Crippen LogP contribution in [0, 0.1) is 0 Å². The van der Waals surface area contributed by atoms with Gasteiger partial charge in [0.1, 0.15) is 0 Å². The first-order valence-electron chi connectivity index (χ1n) is 7.55. The maximum absolute atomic E-state index is 12.6. The first-order valence-corrected chi connectivity index (χ1v) is 7.55. The molecule has 1 saturated carbocycles. The van der Waals surface area contributed by atoms with Gasteiger partial charge < -0.3 is 14.8 Å². The van der Waals surface area contributed by atoms with Gasteiger partial charge in [-0.15, -0.1) is 0 Å². The van der Waals surface area contributed by atoms with Crippen molar-refractivity contribution in [3.63, 3.8) is 0 Å². The van der Waals surface area contributed by atoms with Gasteiger partial charge in [0.15, 0.2) is 11.5 Å². The summed E-state index contributed by atoms with van der Waals surface area (Å²) < 4.78 is 10.6. The Morgan fingerprint density at radius 3 is 2.50 bits per heavy atom. The number of carbonyl (C=O) groups is 1. The summed E-state index contributed by atoms with van der Waals surface area (Å²) in [4.78, 5) is 12.6. The third-order valence-corrected chi connectivity index (χ3v) is 4.52. The molecule has 22 heavy (non-hydrogen) atoms. The van der Waals surface area contributed by atoms with E-state index >= 15 is 0 Å². The summed E-state index contributed by atoms with van der Waals surface area (Å²) in [7, 11) is 0. The molecule has 2 aromatic rings. The number of amides is 1. The Hall–Kier alpha value is -2.49. The van der Waals surface area contributed by atoms with E-state index in [1.165, 1.54) is 5.56 Å². The van der Waals surface area contributed by atoms with Crippen LogP contribution in [0.5, 0.6) is 11.5 Å². The van der Waals surface area contributed by atoms with E-state index in [1.54, 1.807) is 18.2 Å². The molecule has 0 atom stereocenters. The van der Waals surface area contributed by atoms with Gasteiger partial charge in [0.05, 0.1) is 5.54 Å². The van der Waals surface area contributed by atoms with Gasteiger partial charge in [-0.25, -0.2) is 0 Å². The van der Waals surface area contributed by atoms with E-state index in [0.717, 1.165) is 19.3 Å². The predicted octanol–water partition coefficient (Wildman–Crippen LogP) is 3.22. The molecule has 112 valence electrons. The van der Waals surface area contributed by atoms with Crippen LogP contribution in [0.4, 0.5) is 0 Å². The predicted molar refractivity (Wildman–Crippen MR) is 82.0 cm³/mol. The Morgan fingerprint density at radius 2 is 1.77 bits per heavy atom. The van der Waals surface area contributed by atoms with Gasteiger partial charge in [-0.3, -0.25) is 4.79 Å². The summed E-state index contributed by atoms with van der Waals surface area (Å²) in [6.45, 7) is 0.217. The number of benzene rings is 2. The molecule has 2 aliphatic rings. The van der Waals surface area contributed by atoms with Crippen LogP contribution in [0.1, 0.15) is 35.2 Å². The highest BCUT2D eigenvalue weighted by Gasteiger charge is 2.40. The fraction of sp³-hybridized carbons (Fsp3) is 0.278. The minimum Gasteiger partial charge on any atom is -0.454 e. The number of rotatable bonds is 3. The molecule has 0 bridgehead atoms. The zero-order chi connectivity index (χ0) is 15.0. The van der Waals surface area contributed by atoms with Gasteiger partial charge in [-0.1, -0.05) is 30.3 Å². The van der Waals surface area contributed by atoms with E-state index in [1.807, 2.05) is 18.2 Å². The SMILES string of the molecule is O=C(NC1(c2ccccc2)CCC1)c1ccc2c(c1)OCO2. The monoisotopic (exact) mass is 295 g/mol. The fourth-order valence-electron chi connectivity index (χ4n) is 3.10. The molecular weight excluding hydrogens is 278 g/mol. The number of hydrogen-bond donors (Lipinski definition) is 1. The van der Waals surface area contributed by atoms with E-state index in [0.29, 0.717) is 17.1 Å². The van der Waals surface area contributed by atoms with Crippen LogP contribution in [0.15, 0.2) is 48.5 Å². The lowest BCUT2D eigenvalue weighted by Gasteiger charge is -2.43. The molecule has 0 unspecified atom stereocenters. The van der Waals surface area contributed by atoms with Crippen molar-refractivity contribution in [2.75, 3.05) is 6.79 Å². The highest BCUT2D eigenvalue weighted by molar-refractivity contribution is 5.95. The van der Waals surface area contributed by atoms with Crippen molar-refractivity contribution in [1.82, 2.24) is 5.32 Å². The maximum atomic E-state index is 12.6. The summed E-state index contributed by atoms with van der Waals surface area (Å²) >= 11 is 0. The van der Waals surface area contributed by atoms with E-state index in [9.17, 15) is 4.79 Å². The molecule has 1 aliphatic heterocycles. The van der Waals surface area contributed by atoms with E-state index in [2.05, 4.69) is 17.4 Å². The van der Waals surface area contributed by atoms with Crippen LogP contribution in [-0.2, 0) is 5.54 Å². The Labute approximate surface area is 129 Å². The number of carbonyl (C=O) groups excluding carboxylic acids is 1. The molecule has 1 amide bonds. The first kappa shape index (κ1) is 13.2. The molecule has 0 saturated heterocycles. The van der Waals surface area contributed by atoms with Gasteiger partial charge in [0.2, 0.25) is 6.79 Å². The van der Waals surface area contributed by atoms with Gasteiger partial charge >= 0.3 is 0 Å². The highest BCUT2D eigenvalue weighted by Crippen LogP contribution is 2.41. The molecule has 1 fully saturated rings. The molecule has 1 aliphatic carbocycles. The lowest BCUT2D eigenvalue weighted by atomic mass is 9.71. The van der Waals surface area contributed by atoms with Crippen molar-refractivity contribution in [3.05, 3.63) is 59.7 Å². The van der Waals surface area contributed by atoms with Crippen LogP contribution in [0.2, 0.25) is 0 Å². The number of hydrogen-bond acceptors (Lipinski definition) is 3. The quantitative estimate of drug-likeness (QED) is 0.945. The molecule has 4 nitrogen and oxygen atoms in total. The normalized spacial score (nSPS) is 17.6. The van der Waals surface area contributed by atoms with Crippen molar-refractivity contribution in [3.8, 4) is 11.5 Å². The van der Waals surface area contributed by atoms with Crippen LogP contribution in [-0.4, -0.2) is 12.7 Å². The number of nitrogens with one attached hydrogen (secondary N) is 1. The molecule has 4 heteroatoms. The Bertz CT molecular complexity index is 708. The summed E-state index contributed by atoms with van der Waals surface area (Å²) in [5, 5.41) is 3.22. The average molecular weight is 295 g/mol. The zero-order valence-corrected chi connectivity index (χ0v) is 12.2. The molecular formula is C18H17NO3. The standard InChI is InChI=1S/C18H17NO3/c20-17(13-7-8-15-16(11-13)22-12-21-15)19-18(9-4-10-18)14-5-2-1-3-6-14/h1-3,5-8,11H,4,9-10,12H2,(H,19,20). The number of fused-ring (bicyclic) bond motifs is 1. The highest BCUT2D eigenvalue weighted by atomic mass is 16.7. The lowest BCUT2D eigenvalue weighted by Crippen LogP contribution is -2.50. The average Bonchev–Trinajstić information content (AvgIpc) is 2.99. The van der Waals surface area contributed by atoms with Gasteiger partial charge in [0.25, 0.3) is 5.91 Å². The summed E-state index contributed by atoms with van der Waals surface area (Å²) in [5.74, 6) is 1.26. The molecule has 4 rings (SSSR count). The van der Waals surface area contributed by atoms with Crippen LogP contribution >= 0.6 is 0 Å². The maximum Gasteiger partial charge on any atom is 0.252 e. The van der Waals surface area contributed by atoms with Gasteiger partial charge in [-0.2, -0.15) is 0 Å². The zero-order valence-electron chi connectivity index (χ0n) is 12.2. The van der Waals surface area contributed by atoms with E-state index in [4.69, 9.17) is 9.47 Å². The summed E-state index contributed by atoms with van der Waals surface area (Å²) in [6.07, 6.45) is 3.09. The Morgan fingerprint density at radius 1 is 1.00 bits per heavy atom. The first-order chi connectivity index (χ1) is 10.8. The lowest BCUT2D eigenvalue weighted by molar-refractivity contribution is 0.0823. The third-order valence-electron chi connectivity index (χ3n) is 4.52. The largest absolute Gasteiger partial charge is 0.454 e. The molecule has 1 heterocycles. The third kappa shape index (κ3) is 2.11. The molecule has 0 spiro atoms. The summed E-state index contributed by atoms with van der Waals surface area (Å²) in [5.41, 5.74) is 1.55. The van der Waals surface area contributed by atoms with Crippen molar-refractivity contribution in [2.45, 2.75) is 24.8 Å². The second-order valence-corrected chi connectivity index (χ2v) is 5.82. The number of ether oxygens (including phenoxy) is 2. The smallest absolute Gasteiger partial charge is 0.252 e. The fourth-order valence-corrected chi connectivity index (χ4v) is 3.10. The van der Waals surface area contributed by atoms with Crippen molar-refractivity contribution < 1.29 is 14.3 Å². The van der Waals surface area contributed by atoms with Crippen LogP contribution in [0.3, 0.4) is 0 Å². The second-order valence-electron chi connectivity index (χ2n) is 5.82. The van der Waals surface area contributed by atoms with Crippen LogP contribution in [0.25, 0.3) is 0 Å². The second kappa shape index (κ2) is 5.05.